The summed E-state index contributed by atoms with van der Waals surface area (Å²) in [6.07, 6.45) is 1.10. The zero-order valence-electron chi connectivity index (χ0n) is 9.69. The van der Waals surface area contributed by atoms with Crippen LogP contribution in [-0.4, -0.2) is 6.54 Å². The molecule has 86 valence electrons. The lowest BCUT2D eigenvalue weighted by atomic mass is 9.89. The largest absolute Gasteiger partial charge is 0.398 e. The van der Waals surface area contributed by atoms with E-state index in [-0.39, 0.29) is 6.04 Å². The van der Waals surface area contributed by atoms with Gasteiger partial charge in [-0.15, -0.1) is 0 Å². The van der Waals surface area contributed by atoms with Gasteiger partial charge in [0.2, 0.25) is 0 Å². The molecule has 0 spiro atoms. The average Bonchev–Trinajstić information content (AvgIpc) is 2.39. The van der Waals surface area contributed by atoms with Gasteiger partial charge in [0.15, 0.2) is 0 Å². The summed E-state index contributed by atoms with van der Waals surface area (Å²) in [7, 11) is 0. The van der Waals surface area contributed by atoms with Crippen molar-refractivity contribution in [3.05, 3.63) is 65.2 Å². The van der Waals surface area contributed by atoms with E-state index in [0.29, 0.717) is 0 Å². The fourth-order valence-electron chi connectivity index (χ4n) is 2.56. The Morgan fingerprint density at radius 2 is 1.65 bits per heavy atom. The van der Waals surface area contributed by atoms with Crippen LogP contribution in [0, 0.1) is 0 Å². The predicted octanol–water partition coefficient (Wildman–Crippen LogP) is 2.50. The molecule has 0 amide bonds. The molecule has 0 fully saturated rings. The molecular formula is C15H16N2. The Labute approximate surface area is 101 Å². The van der Waals surface area contributed by atoms with Gasteiger partial charge >= 0.3 is 0 Å². The van der Waals surface area contributed by atoms with Gasteiger partial charge in [0.1, 0.15) is 0 Å². The molecule has 0 bridgehead atoms. The van der Waals surface area contributed by atoms with Gasteiger partial charge in [0.25, 0.3) is 0 Å². The third-order valence-electron chi connectivity index (χ3n) is 3.42. The molecule has 2 nitrogen and oxygen atoms in total. The summed E-state index contributed by atoms with van der Waals surface area (Å²) in [4.78, 5) is 0. The number of rotatable bonds is 1. The zero-order valence-corrected chi connectivity index (χ0v) is 9.69. The van der Waals surface area contributed by atoms with E-state index in [1.165, 1.54) is 16.7 Å². The molecule has 1 aliphatic rings. The quantitative estimate of drug-likeness (QED) is 0.730. The molecule has 0 radical (unpaired) electrons. The van der Waals surface area contributed by atoms with Gasteiger partial charge < -0.3 is 11.1 Å². The van der Waals surface area contributed by atoms with Crippen molar-refractivity contribution < 1.29 is 0 Å². The first-order valence-electron chi connectivity index (χ1n) is 6.02. The molecule has 0 aromatic heterocycles. The molecule has 2 heteroatoms. The number of hydrogen-bond acceptors (Lipinski definition) is 2. The van der Waals surface area contributed by atoms with Crippen LogP contribution in [0.1, 0.15) is 22.7 Å². The number of nitrogens with one attached hydrogen (secondary N) is 1. The van der Waals surface area contributed by atoms with Crippen LogP contribution >= 0.6 is 0 Å². The van der Waals surface area contributed by atoms with Crippen molar-refractivity contribution in [3.63, 3.8) is 0 Å². The van der Waals surface area contributed by atoms with E-state index in [9.17, 15) is 0 Å². The number of benzene rings is 2. The fourth-order valence-corrected chi connectivity index (χ4v) is 2.56. The Hall–Kier alpha value is -1.80. The molecule has 0 unspecified atom stereocenters. The lowest BCUT2D eigenvalue weighted by Gasteiger charge is -2.28. The molecule has 1 heterocycles. The lowest BCUT2D eigenvalue weighted by molar-refractivity contribution is 0.569. The van der Waals surface area contributed by atoms with Crippen LogP contribution in [-0.2, 0) is 6.42 Å². The number of fused-ring (bicyclic) bond motifs is 1. The van der Waals surface area contributed by atoms with Gasteiger partial charge in [-0.2, -0.15) is 0 Å². The van der Waals surface area contributed by atoms with Crippen LogP contribution in [0.15, 0.2) is 48.5 Å². The van der Waals surface area contributed by atoms with Gasteiger partial charge in [0.05, 0.1) is 6.04 Å². The minimum atomic E-state index is 0.237. The molecule has 0 saturated heterocycles. The summed E-state index contributed by atoms with van der Waals surface area (Å²) in [6.45, 7) is 1.01. The van der Waals surface area contributed by atoms with Gasteiger partial charge in [-0.25, -0.2) is 0 Å². The van der Waals surface area contributed by atoms with Crippen LogP contribution in [0.25, 0.3) is 0 Å². The number of anilines is 1. The predicted molar refractivity (Wildman–Crippen MR) is 70.8 cm³/mol. The average molecular weight is 224 g/mol. The monoisotopic (exact) mass is 224 g/mol. The normalized spacial score (nSPS) is 18.7. The van der Waals surface area contributed by atoms with Gasteiger partial charge in [-0.1, -0.05) is 42.5 Å². The second kappa shape index (κ2) is 4.22. The van der Waals surface area contributed by atoms with E-state index in [0.717, 1.165) is 18.7 Å². The maximum absolute atomic E-state index is 6.07. The summed E-state index contributed by atoms with van der Waals surface area (Å²) in [5, 5.41) is 3.55. The van der Waals surface area contributed by atoms with Crippen LogP contribution in [0.5, 0.6) is 0 Å². The minimum absolute atomic E-state index is 0.237. The summed E-state index contributed by atoms with van der Waals surface area (Å²) < 4.78 is 0. The van der Waals surface area contributed by atoms with Crippen molar-refractivity contribution in [1.29, 1.82) is 0 Å². The Balaban J connectivity index is 2.09. The highest BCUT2D eigenvalue weighted by molar-refractivity contribution is 5.52. The Bertz CT molecular complexity index is 534. The van der Waals surface area contributed by atoms with Gasteiger partial charge in [-0.05, 0) is 29.2 Å². The van der Waals surface area contributed by atoms with E-state index in [1.807, 2.05) is 18.2 Å². The van der Waals surface area contributed by atoms with Crippen molar-refractivity contribution in [1.82, 2.24) is 5.32 Å². The number of para-hydroxylation sites is 1. The molecular weight excluding hydrogens is 208 g/mol. The summed E-state index contributed by atoms with van der Waals surface area (Å²) in [5.74, 6) is 0. The Morgan fingerprint density at radius 1 is 0.941 bits per heavy atom. The van der Waals surface area contributed by atoms with E-state index in [4.69, 9.17) is 5.73 Å². The molecule has 17 heavy (non-hydrogen) atoms. The first kappa shape index (κ1) is 10.4. The first-order valence-corrected chi connectivity index (χ1v) is 6.02. The third-order valence-corrected chi connectivity index (χ3v) is 3.42. The van der Waals surface area contributed by atoms with Crippen molar-refractivity contribution in [3.8, 4) is 0 Å². The fraction of sp³-hybridized carbons (Fsp3) is 0.200. The molecule has 0 aliphatic carbocycles. The second-order valence-electron chi connectivity index (χ2n) is 4.46. The van der Waals surface area contributed by atoms with Crippen LogP contribution in [0.4, 0.5) is 5.69 Å². The van der Waals surface area contributed by atoms with E-state index >= 15 is 0 Å². The van der Waals surface area contributed by atoms with E-state index in [1.54, 1.807) is 0 Å². The maximum Gasteiger partial charge on any atom is 0.0599 e. The molecule has 3 N–H and O–H groups in total. The lowest BCUT2D eigenvalue weighted by Crippen LogP contribution is -2.30. The highest BCUT2D eigenvalue weighted by Crippen LogP contribution is 2.31. The summed E-state index contributed by atoms with van der Waals surface area (Å²) in [5.41, 5.74) is 10.9. The first-order chi connectivity index (χ1) is 8.36. The van der Waals surface area contributed by atoms with Crippen molar-refractivity contribution in [2.24, 2.45) is 0 Å². The SMILES string of the molecule is Nc1ccccc1[C@H]1NCCc2ccccc21. The Kier molecular flexibility index (Phi) is 2.57. The van der Waals surface area contributed by atoms with E-state index < -0.39 is 0 Å². The standard InChI is InChI=1S/C15H16N2/c16-14-8-4-3-7-13(14)15-12-6-2-1-5-11(12)9-10-17-15/h1-8,15,17H,9-10,16H2/t15-/m0/s1. The molecule has 1 atom stereocenters. The van der Waals surface area contributed by atoms with Gasteiger partial charge in [-0.3, -0.25) is 0 Å². The van der Waals surface area contributed by atoms with E-state index in [2.05, 4.69) is 35.6 Å². The zero-order chi connectivity index (χ0) is 11.7. The Morgan fingerprint density at radius 3 is 2.47 bits per heavy atom. The highest BCUT2D eigenvalue weighted by atomic mass is 14.9. The third kappa shape index (κ3) is 1.81. The number of nitrogens with two attached hydrogens (primary N) is 1. The maximum atomic E-state index is 6.07. The van der Waals surface area contributed by atoms with Crippen molar-refractivity contribution in [2.75, 3.05) is 12.3 Å². The number of nitrogen functional groups attached to an aromatic ring is 1. The summed E-state index contributed by atoms with van der Waals surface area (Å²) >= 11 is 0. The molecule has 2 aromatic carbocycles. The minimum Gasteiger partial charge on any atom is -0.398 e. The summed E-state index contributed by atoms with van der Waals surface area (Å²) in [6, 6.07) is 16.9. The molecule has 0 saturated carbocycles. The molecule has 1 aliphatic heterocycles. The van der Waals surface area contributed by atoms with Crippen LogP contribution in [0.3, 0.4) is 0 Å². The molecule has 2 aromatic rings. The van der Waals surface area contributed by atoms with Gasteiger partial charge in [0, 0.05) is 12.2 Å². The number of hydrogen-bond donors (Lipinski definition) is 2. The van der Waals surface area contributed by atoms with Crippen molar-refractivity contribution in [2.45, 2.75) is 12.5 Å². The van der Waals surface area contributed by atoms with Crippen LogP contribution in [0.2, 0.25) is 0 Å². The van der Waals surface area contributed by atoms with Crippen LogP contribution < -0.4 is 11.1 Å². The second-order valence-corrected chi connectivity index (χ2v) is 4.46. The van der Waals surface area contributed by atoms with Crippen molar-refractivity contribution >= 4 is 5.69 Å². The smallest absolute Gasteiger partial charge is 0.0599 e. The highest BCUT2D eigenvalue weighted by Gasteiger charge is 2.21. The topological polar surface area (TPSA) is 38.0 Å². The molecule has 3 rings (SSSR count).